The first-order chi connectivity index (χ1) is 10.8. The second-order valence-corrected chi connectivity index (χ2v) is 6.74. The summed E-state index contributed by atoms with van der Waals surface area (Å²) < 4.78 is 0. The molecule has 114 valence electrons. The zero-order chi connectivity index (χ0) is 15.4. The molecule has 2 aromatic carbocycles. The van der Waals surface area contributed by atoms with Crippen molar-refractivity contribution in [1.82, 2.24) is 10.2 Å². The summed E-state index contributed by atoms with van der Waals surface area (Å²) in [5.41, 5.74) is 1.36. The van der Waals surface area contributed by atoms with E-state index in [1.807, 2.05) is 11.3 Å². The van der Waals surface area contributed by atoms with E-state index >= 15 is 0 Å². The maximum absolute atomic E-state index is 3.63. The Balaban J connectivity index is 1.69. The van der Waals surface area contributed by atoms with Gasteiger partial charge < -0.3 is 10.2 Å². The molecule has 1 atom stereocenters. The highest BCUT2D eigenvalue weighted by molar-refractivity contribution is 7.10. The fourth-order valence-corrected chi connectivity index (χ4v) is 3.73. The summed E-state index contributed by atoms with van der Waals surface area (Å²) in [6.45, 7) is 1.85. The van der Waals surface area contributed by atoms with E-state index in [1.165, 1.54) is 21.2 Å². The van der Waals surface area contributed by atoms with Crippen molar-refractivity contribution in [2.45, 2.75) is 12.6 Å². The van der Waals surface area contributed by atoms with Gasteiger partial charge in [-0.15, -0.1) is 11.3 Å². The number of hydrogen-bond donors (Lipinski definition) is 1. The summed E-state index contributed by atoms with van der Waals surface area (Å²) >= 11 is 1.83. The van der Waals surface area contributed by atoms with Gasteiger partial charge in [0.2, 0.25) is 0 Å². The topological polar surface area (TPSA) is 15.3 Å². The van der Waals surface area contributed by atoms with Crippen LogP contribution in [0.15, 0.2) is 60.0 Å². The molecular weight excluding hydrogens is 288 g/mol. The van der Waals surface area contributed by atoms with Crippen LogP contribution in [0.3, 0.4) is 0 Å². The Morgan fingerprint density at radius 3 is 2.59 bits per heavy atom. The van der Waals surface area contributed by atoms with E-state index in [9.17, 15) is 0 Å². The second kappa shape index (κ2) is 7.05. The summed E-state index contributed by atoms with van der Waals surface area (Å²) in [7, 11) is 4.29. The number of rotatable bonds is 6. The molecule has 3 heteroatoms. The number of benzene rings is 2. The predicted octanol–water partition coefficient (Wildman–Crippen LogP) is 4.29. The Morgan fingerprint density at radius 2 is 1.82 bits per heavy atom. The van der Waals surface area contributed by atoms with Crippen LogP contribution in [-0.2, 0) is 6.54 Å². The van der Waals surface area contributed by atoms with E-state index in [0.29, 0.717) is 6.04 Å². The molecule has 22 heavy (non-hydrogen) atoms. The minimum atomic E-state index is 0.426. The van der Waals surface area contributed by atoms with Crippen LogP contribution in [0.4, 0.5) is 0 Å². The molecule has 0 saturated carbocycles. The van der Waals surface area contributed by atoms with E-state index in [1.54, 1.807) is 0 Å². The molecule has 0 radical (unpaired) electrons. The average Bonchev–Trinajstić information content (AvgIpc) is 3.05. The van der Waals surface area contributed by atoms with Gasteiger partial charge in [-0.25, -0.2) is 0 Å². The molecule has 0 aliphatic rings. The summed E-state index contributed by atoms with van der Waals surface area (Å²) in [5, 5.41) is 8.43. The summed E-state index contributed by atoms with van der Waals surface area (Å²) in [6, 6.07) is 19.9. The lowest BCUT2D eigenvalue weighted by Gasteiger charge is -2.23. The van der Waals surface area contributed by atoms with Gasteiger partial charge in [0.25, 0.3) is 0 Å². The molecule has 0 aliphatic heterocycles. The highest BCUT2D eigenvalue weighted by Crippen LogP contribution is 2.23. The van der Waals surface area contributed by atoms with Crippen LogP contribution >= 0.6 is 11.3 Å². The first kappa shape index (κ1) is 15.2. The number of hydrogen-bond acceptors (Lipinski definition) is 3. The highest BCUT2D eigenvalue weighted by atomic mass is 32.1. The van der Waals surface area contributed by atoms with Crippen LogP contribution in [0.5, 0.6) is 0 Å². The fraction of sp³-hybridized carbons (Fsp3) is 0.263. The van der Waals surface area contributed by atoms with Gasteiger partial charge in [0.1, 0.15) is 0 Å². The first-order valence-electron chi connectivity index (χ1n) is 7.63. The Labute approximate surface area is 136 Å². The van der Waals surface area contributed by atoms with Crippen molar-refractivity contribution in [3.8, 4) is 0 Å². The Morgan fingerprint density at radius 1 is 1.00 bits per heavy atom. The smallest absolute Gasteiger partial charge is 0.0561 e. The molecular formula is C19H22N2S. The van der Waals surface area contributed by atoms with Crippen molar-refractivity contribution in [3.05, 3.63) is 70.4 Å². The van der Waals surface area contributed by atoms with E-state index in [-0.39, 0.29) is 0 Å². The zero-order valence-electron chi connectivity index (χ0n) is 13.1. The maximum atomic E-state index is 3.63. The van der Waals surface area contributed by atoms with E-state index in [4.69, 9.17) is 0 Å². The molecule has 0 unspecified atom stereocenters. The summed E-state index contributed by atoms with van der Waals surface area (Å²) in [4.78, 5) is 3.69. The lowest BCUT2D eigenvalue weighted by atomic mass is 10.0. The molecule has 1 N–H and O–H groups in total. The van der Waals surface area contributed by atoms with Crippen LogP contribution in [-0.4, -0.2) is 25.5 Å². The molecule has 0 amide bonds. The molecule has 3 rings (SSSR count). The van der Waals surface area contributed by atoms with Crippen molar-refractivity contribution in [3.63, 3.8) is 0 Å². The third-order valence-electron chi connectivity index (χ3n) is 4.03. The van der Waals surface area contributed by atoms with Gasteiger partial charge in [-0.1, -0.05) is 48.5 Å². The summed E-state index contributed by atoms with van der Waals surface area (Å²) in [6.07, 6.45) is 0. The largest absolute Gasteiger partial charge is 0.311 e. The Bertz CT molecular complexity index is 714. The summed E-state index contributed by atoms with van der Waals surface area (Å²) in [5.74, 6) is 0. The van der Waals surface area contributed by atoms with Crippen molar-refractivity contribution in [2.24, 2.45) is 0 Å². The van der Waals surface area contributed by atoms with E-state index in [2.05, 4.69) is 84.3 Å². The van der Waals surface area contributed by atoms with Gasteiger partial charge in [0.05, 0.1) is 6.04 Å². The minimum absolute atomic E-state index is 0.426. The normalized spacial score (nSPS) is 12.9. The van der Waals surface area contributed by atoms with Crippen LogP contribution < -0.4 is 5.32 Å². The molecule has 1 heterocycles. The molecule has 2 nitrogen and oxygen atoms in total. The van der Waals surface area contributed by atoms with Crippen LogP contribution in [0.2, 0.25) is 0 Å². The van der Waals surface area contributed by atoms with Crippen molar-refractivity contribution >= 4 is 22.1 Å². The quantitative estimate of drug-likeness (QED) is 0.730. The van der Waals surface area contributed by atoms with Crippen molar-refractivity contribution < 1.29 is 0 Å². The van der Waals surface area contributed by atoms with Gasteiger partial charge in [0, 0.05) is 18.0 Å². The third kappa shape index (κ3) is 3.38. The number of nitrogens with zero attached hydrogens (tertiary/aromatic N) is 1. The SMILES string of the molecule is CN(C)[C@H](CNCc1cccc2ccccc12)c1cccs1. The monoisotopic (exact) mass is 310 g/mol. The second-order valence-electron chi connectivity index (χ2n) is 5.76. The molecule has 0 fully saturated rings. The van der Waals surface area contributed by atoms with E-state index < -0.39 is 0 Å². The van der Waals surface area contributed by atoms with Gasteiger partial charge in [0.15, 0.2) is 0 Å². The van der Waals surface area contributed by atoms with E-state index in [0.717, 1.165) is 13.1 Å². The first-order valence-corrected chi connectivity index (χ1v) is 8.51. The number of nitrogens with one attached hydrogen (secondary N) is 1. The lowest BCUT2D eigenvalue weighted by Crippen LogP contribution is -2.30. The molecule has 0 bridgehead atoms. The molecule has 0 saturated heterocycles. The van der Waals surface area contributed by atoms with Crippen LogP contribution in [0.1, 0.15) is 16.5 Å². The molecule has 3 aromatic rings. The number of thiophene rings is 1. The molecule has 0 spiro atoms. The minimum Gasteiger partial charge on any atom is -0.311 e. The Kier molecular flexibility index (Phi) is 4.88. The maximum Gasteiger partial charge on any atom is 0.0561 e. The fourth-order valence-electron chi connectivity index (χ4n) is 2.81. The predicted molar refractivity (Wildman–Crippen MR) is 96.4 cm³/mol. The van der Waals surface area contributed by atoms with Crippen LogP contribution in [0.25, 0.3) is 10.8 Å². The average molecular weight is 310 g/mol. The van der Waals surface area contributed by atoms with Crippen molar-refractivity contribution in [2.75, 3.05) is 20.6 Å². The highest BCUT2D eigenvalue weighted by Gasteiger charge is 2.14. The lowest BCUT2D eigenvalue weighted by molar-refractivity contribution is 0.292. The number of fused-ring (bicyclic) bond motifs is 1. The van der Waals surface area contributed by atoms with Gasteiger partial charge in [-0.3, -0.25) is 0 Å². The van der Waals surface area contributed by atoms with Crippen molar-refractivity contribution in [1.29, 1.82) is 0 Å². The standard InChI is InChI=1S/C19H22N2S/c1-21(2)18(19-11-6-12-22-19)14-20-13-16-9-5-8-15-7-3-4-10-17(15)16/h3-12,18,20H,13-14H2,1-2H3/t18-/m1/s1. The molecule has 0 aliphatic carbocycles. The van der Waals surface area contributed by atoms with Gasteiger partial charge in [-0.2, -0.15) is 0 Å². The van der Waals surface area contributed by atoms with Gasteiger partial charge in [-0.05, 0) is 41.9 Å². The Hall–Kier alpha value is -1.68. The number of likely N-dealkylation sites (N-methyl/N-ethyl adjacent to an activating group) is 1. The zero-order valence-corrected chi connectivity index (χ0v) is 13.9. The third-order valence-corrected chi connectivity index (χ3v) is 5.00. The molecule has 1 aromatic heterocycles. The van der Waals surface area contributed by atoms with Gasteiger partial charge >= 0.3 is 0 Å². The van der Waals surface area contributed by atoms with Crippen LogP contribution in [0, 0.1) is 0 Å².